The topological polar surface area (TPSA) is 36.9 Å². The maximum Gasteiger partial charge on any atom is 0.489 e. The number of allylic oxidation sites excluding steroid dienone is 2. The predicted molar refractivity (Wildman–Crippen MR) is 107 cm³/mol. The van der Waals surface area contributed by atoms with E-state index in [1.165, 1.54) is 31.2 Å². The Morgan fingerprint density at radius 2 is 1.19 bits per heavy atom. The summed E-state index contributed by atoms with van der Waals surface area (Å²) in [5.41, 5.74) is -0.114. The van der Waals surface area contributed by atoms with Crippen LogP contribution in [0.15, 0.2) is 11.5 Å². The lowest BCUT2D eigenvalue weighted by Crippen LogP contribution is -2.41. The molecule has 146 valence electrons. The Bertz CT molecular complexity index is 530. The van der Waals surface area contributed by atoms with E-state index in [9.17, 15) is 0 Å². The summed E-state index contributed by atoms with van der Waals surface area (Å²) < 4.78 is 25.2. The highest BCUT2D eigenvalue weighted by molar-refractivity contribution is 6.59. The van der Waals surface area contributed by atoms with Crippen molar-refractivity contribution in [3.63, 3.8) is 0 Å². The summed E-state index contributed by atoms with van der Waals surface area (Å²) in [5, 5.41) is 0. The second-order valence-corrected chi connectivity index (χ2v) is 10.3. The van der Waals surface area contributed by atoms with E-state index in [0.717, 1.165) is 0 Å². The highest BCUT2D eigenvalue weighted by Gasteiger charge is 2.55. The Hall–Kier alpha value is -0.290. The third-order valence-corrected chi connectivity index (χ3v) is 7.11. The van der Waals surface area contributed by atoms with Crippen molar-refractivity contribution in [1.29, 1.82) is 0 Å². The van der Waals surface area contributed by atoms with Crippen LogP contribution in [0.4, 0.5) is 0 Å². The molecular formula is C20H36B2O4. The second-order valence-electron chi connectivity index (χ2n) is 10.3. The molecule has 0 N–H and O–H groups in total. The minimum Gasteiger partial charge on any atom is -0.403 e. The van der Waals surface area contributed by atoms with E-state index < -0.39 is 0 Å². The van der Waals surface area contributed by atoms with Gasteiger partial charge in [-0.05, 0) is 79.6 Å². The zero-order chi connectivity index (χ0) is 19.4. The lowest BCUT2D eigenvalue weighted by atomic mass is 9.65. The molecule has 0 amide bonds. The van der Waals surface area contributed by atoms with Crippen molar-refractivity contribution in [2.24, 2.45) is 5.92 Å². The lowest BCUT2D eigenvalue weighted by molar-refractivity contribution is 0.00578. The molecule has 0 bridgehead atoms. The van der Waals surface area contributed by atoms with Crippen LogP contribution < -0.4 is 0 Å². The second kappa shape index (κ2) is 6.65. The maximum absolute atomic E-state index is 6.35. The van der Waals surface area contributed by atoms with E-state index in [4.69, 9.17) is 18.6 Å². The fourth-order valence-corrected chi connectivity index (χ4v) is 3.90. The molecule has 26 heavy (non-hydrogen) atoms. The molecule has 0 aromatic rings. The zero-order valence-corrected chi connectivity index (χ0v) is 18.0. The van der Waals surface area contributed by atoms with Gasteiger partial charge in [-0.1, -0.05) is 18.9 Å². The van der Waals surface area contributed by atoms with Crippen LogP contribution in [0.2, 0.25) is 6.32 Å². The van der Waals surface area contributed by atoms with Crippen LogP contribution in [0.5, 0.6) is 0 Å². The van der Waals surface area contributed by atoms with Crippen molar-refractivity contribution in [3.8, 4) is 0 Å². The molecule has 0 radical (unpaired) electrons. The minimum absolute atomic E-state index is 0.258. The molecule has 6 heteroatoms. The van der Waals surface area contributed by atoms with Gasteiger partial charge in [0.05, 0.1) is 22.4 Å². The van der Waals surface area contributed by atoms with Gasteiger partial charge in [0.15, 0.2) is 0 Å². The van der Waals surface area contributed by atoms with Crippen molar-refractivity contribution in [2.45, 2.75) is 110 Å². The average Bonchev–Trinajstić information content (AvgIpc) is 3.08. The van der Waals surface area contributed by atoms with E-state index in [2.05, 4.69) is 61.5 Å². The smallest absolute Gasteiger partial charge is 0.403 e. The highest BCUT2D eigenvalue weighted by Crippen LogP contribution is 2.43. The molecule has 2 saturated heterocycles. The molecule has 1 aliphatic carbocycles. The van der Waals surface area contributed by atoms with Gasteiger partial charge < -0.3 is 18.6 Å². The first-order valence-electron chi connectivity index (χ1n) is 10.2. The van der Waals surface area contributed by atoms with Gasteiger partial charge in [-0.2, -0.15) is 0 Å². The van der Waals surface area contributed by atoms with Gasteiger partial charge in [0.25, 0.3) is 0 Å². The number of hydrogen-bond donors (Lipinski definition) is 0. The largest absolute Gasteiger partial charge is 0.489 e. The number of rotatable bonds is 4. The Morgan fingerprint density at radius 1 is 0.769 bits per heavy atom. The summed E-state index contributed by atoms with van der Waals surface area (Å²) in [6, 6.07) is 0. The molecule has 2 aliphatic heterocycles. The maximum atomic E-state index is 6.35. The Balaban J connectivity index is 1.80. The van der Waals surface area contributed by atoms with Gasteiger partial charge in [-0.3, -0.25) is 0 Å². The van der Waals surface area contributed by atoms with Crippen LogP contribution >= 0.6 is 0 Å². The summed E-state index contributed by atoms with van der Waals surface area (Å²) in [7, 11) is -0.577. The molecule has 3 aliphatic rings. The summed E-state index contributed by atoms with van der Waals surface area (Å²) in [5.74, 6) is 0.617. The lowest BCUT2D eigenvalue weighted by Gasteiger charge is -2.32. The third kappa shape index (κ3) is 3.80. The van der Waals surface area contributed by atoms with Crippen molar-refractivity contribution in [2.75, 3.05) is 0 Å². The molecule has 2 heterocycles. The van der Waals surface area contributed by atoms with Crippen LogP contribution in [-0.2, 0) is 18.6 Å². The molecule has 4 nitrogen and oxygen atoms in total. The zero-order valence-electron chi connectivity index (χ0n) is 18.0. The molecule has 1 saturated carbocycles. The Morgan fingerprint density at radius 3 is 1.65 bits per heavy atom. The molecule has 0 unspecified atom stereocenters. The van der Waals surface area contributed by atoms with E-state index >= 15 is 0 Å². The fraction of sp³-hybridized carbons (Fsp3) is 0.900. The van der Waals surface area contributed by atoms with Gasteiger partial charge in [0.1, 0.15) is 0 Å². The molecule has 0 atom stereocenters. The monoisotopic (exact) mass is 362 g/mol. The van der Waals surface area contributed by atoms with Crippen LogP contribution in [0.3, 0.4) is 0 Å². The average molecular weight is 362 g/mol. The molecule has 3 rings (SSSR count). The van der Waals surface area contributed by atoms with Gasteiger partial charge >= 0.3 is 14.2 Å². The van der Waals surface area contributed by atoms with E-state index in [1.807, 2.05) is 0 Å². The Labute approximate surface area is 160 Å². The quantitative estimate of drug-likeness (QED) is 0.672. The van der Waals surface area contributed by atoms with Crippen LogP contribution in [0.25, 0.3) is 0 Å². The van der Waals surface area contributed by atoms with Gasteiger partial charge in [-0.25, -0.2) is 0 Å². The van der Waals surface area contributed by atoms with Crippen molar-refractivity contribution in [3.05, 3.63) is 11.5 Å². The van der Waals surface area contributed by atoms with E-state index in [0.29, 0.717) is 12.2 Å². The highest BCUT2D eigenvalue weighted by atomic mass is 16.7. The van der Waals surface area contributed by atoms with Gasteiger partial charge in [0.2, 0.25) is 0 Å². The predicted octanol–water partition coefficient (Wildman–Crippen LogP) is 4.83. The summed E-state index contributed by atoms with van der Waals surface area (Å²) >= 11 is 0. The summed E-state index contributed by atoms with van der Waals surface area (Å²) in [6.07, 6.45) is 8.22. The number of hydrogen-bond acceptors (Lipinski definition) is 4. The molecule has 3 fully saturated rings. The van der Waals surface area contributed by atoms with E-state index in [1.54, 1.807) is 0 Å². The SMILES string of the molecule is CC1(C)OB(C/C(=C/C2CCCC2)B2OC(C)(C)C(C)(C)O2)OC1(C)C. The van der Waals surface area contributed by atoms with Crippen molar-refractivity contribution < 1.29 is 18.6 Å². The fourth-order valence-electron chi connectivity index (χ4n) is 3.90. The normalized spacial score (nSPS) is 30.4. The van der Waals surface area contributed by atoms with Crippen LogP contribution in [0, 0.1) is 5.92 Å². The molecular weight excluding hydrogens is 326 g/mol. The third-order valence-electron chi connectivity index (χ3n) is 7.11. The van der Waals surface area contributed by atoms with Gasteiger partial charge in [0, 0.05) is 6.32 Å². The first-order chi connectivity index (χ1) is 11.8. The van der Waals surface area contributed by atoms with Gasteiger partial charge in [-0.15, -0.1) is 0 Å². The van der Waals surface area contributed by atoms with E-state index in [-0.39, 0.29) is 36.6 Å². The van der Waals surface area contributed by atoms with Crippen LogP contribution in [-0.4, -0.2) is 36.6 Å². The molecule has 0 aromatic heterocycles. The minimum atomic E-state index is -0.331. The molecule has 0 spiro atoms. The summed E-state index contributed by atoms with van der Waals surface area (Å²) in [4.78, 5) is 0. The molecule has 0 aromatic carbocycles. The first kappa shape index (κ1) is 20.4. The standard InChI is InChI=1S/C20H36B2O4/c1-17(2)18(3,4)24-21(23-17)14-16(13-15-11-9-10-12-15)22-25-19(5,6)20(7,8)26-22/h13,15H,9-12,14H2,1-8H3/b16-13-. The Kier molecular flexibility index (Phi) is 5.23. The summed E-state index contributed by atoms with van der Waals surface area (Å²) in [6.45, 7) is 16.8. The van der Waals surface area contributed by atoms with Crippen molar-refractivity contribution in [1.82, 2.24) is 0 Å². The van der Waals surface area contributed by atoms with Crippen molar-refractivity contribution >= 4 is 14.2 Å². The van der Waals surface area contributed by atoms with Crippen LogP contribution in [0.1, 0.15) is 81.1 Å². The first-order valence-corrected chi connectivity index (χ1v) is 10.2.